The summed E-state index contributed by atoms with van der Waals surface area (Å²) in [5.41, 5.74) is 0.824. The molecule has 0 amide bonds. The summed E-state index contributed by atoms with van der Waals surface area (Å²) in [6.07, 6.45) is 5.11. The standard InChI is InChI=1S/C11H10N2O/c1-2-7-13-10-8-12-6-5-9(10)3-4-11(13)14/h2-6,8H,1,7H2. The Labute approximate surface area is 81.3 Å². The zero-order valence-corrected chi connectivity index (χ0v) is 7.68. The molecule has 0 unspecified atom stereocenters. The van der Waals surface area contributed by atoms with Gasteiger partial charge < -0.3 is 4.57 Å². The van der Waals surface area contributed by atoms with Crippen LogP contribution in [0.15, 0.2) is 48.0 Å². The number of rotatable bonds is 2. The molecule has 2 aromatic heterocycles. The van der Waals surface area contributed by atoms with Gasteiger partial charge in [-0.05, 0) is 12.1 Å². The molecule has 0 aromatic carbocycles. The van der Waals surface area contributed by atoms with Gasteiger partial charge in [-0.1, -0.05) is 6.08 Å². The smallest absolute Gasteiger partial charge is 0.251 e. The Morgan fingerprint density at radius 3 is 3.07 bits per heavy atom. The third-order valence-electron chi connectivity index (χ3n) is 2.11. The number of pyridine rings is 2. The van der Waals surface area contributed by atoms with Crippen LogP contribution in [-0.2, 0) is 6.54 Å². The van der Waals surface area contributed by atoms with E-state index in [1.165, 1.54) is 0 Å². The highest BCUT2D eigenvalue weighted by atomic mass is 16.1. The highest BCUT2D eigenvalue weighted by molar-refractivity contribution is 5.77. The van der Waals surface area contributed by atoms with Crippen LogP contribution in [0.3, 0.4) is 0 Å². The lowest BCUT2D eigenvalue weighted by Gasteiger charge is -2.05. The van der Waals surface area contributed by atoms with E-state index < -0.39 is 0 Å². The van der Waals surface area contributed by atoms with Crippen molar-refractivity contribution < 1.29 is 0 Å². The maximum atomic E-state index is 11.5. The topological polar surface area (TPSA) is 34.9 Å². The van der Waals surface area contributed by atoms with Crippen molar-refractivity contribution in [3.05, 3.63) is 53.6 Å². The van der Waals surface area contributed by atoms with Crippen LogP contribution in [0.1, 0.15) is 0 Å². The highest BCUT2D eigenvalue weighted by Crippen LogP contribution is 2.08. The van der Waals surface area contributed by atoms with Crippen molar-refractivity contribution in [3.63, 3.8) is 0 Å². The highest BCUT2D eigenvalue weighted by Gasteiger charge is 1.99. The van der Waals surface area contributed by atoms with Crippen LogP contribution < -0.4 is 5.56 Å². The minimum atomic E-state index is -0.0228. The SMILES string of the molecule is C=CCn1c(=O)ccc2ccncc21. The quantitative estimate of drug-likeness (QED) is 0.667. The van der Waals surface area contributed by atoms with Gasteiger partial charge in [0.1, 0.15) is 0 Å². The molecule has 3 heteroatoms. The fourth-order valence-corrected chi connectivity index (χ4v) is 1.45. The third kappa shape index (κ3) is 1.33. The summed E-state index contributed by atoms with van der Waals surface area (Å²) < 4.78 is 1.65. The van der Waals surface area contributed by atoms with Crippen LogP contribution in [0.5, 0.6) is 0 Å². The van der Waals surface area contributed by atoms with E-state index in [0.29, 0.717) is 6.54 Å². The van der Waals surface area contributed by atoms with E-state index in [2.05, 4.69) is 11.6 Å². The molecule has 0 aliphatic heterocycles. The molecular weight excluding hydrogens is 176 g/mol. The molecule has 2 rings (SSSR count). The van der Waals surface area contributed by atoms with E-state index in [1.54, 1.807) is 35.2 Å². The molecule has 0 N–H and O–H groups in total. The summed E-state index contributed by atoms with van der Waals surface area (Å²) in [4.78, 5) is 15.5. The molecule has 70 valence electrons. The van der Waals surface area contributed by atoms with Crippen molar-refractivity contribution >= 4 is 10.9 Å². The molecule has 0 saturated carbocycles. The molecule has 0 atom stereocenters. The first kappa shape index (κ1) is 8.69. The average molecular weight is 186 g/mol. The molecule has 0 fully saturated rings. The van der Waals surface area contributed by atoms with Gasteiger partial charge in [0.15, 0.2) is 0 Å². The largest absolute Gasteiger partial charge is 0.303 e. The minimum absolute atomic E-state index is 0.0228. The van der Waals surface area contributed by atoms with E-state index >= 15 is 0 Å². The minimum Gasteiger partial charge on any atom is -0.303 e. The molecule has 0 saturated heterocycles. The summed E-state index contributed by atoms with van der Waals surface area (Å²) in [6, 6.07) is 5.25. The Morgan fingerprint density at radius 2 is 2.29 bits per heavy atom. The lowest BCUT2D eigenvalue weighted by Crippen LogP contribution is -2.18. The lowest BCUT2D eigenvalue weighted by molar-refractivity contribution is 0.816. The van der Waals surface area contributed by atoms with Crippen LogP contribution in [-0.4, -0.2) is 9.55 Å². The van der Waals surface area contributed by atoms with E-state index in [0.717, 1.165) is 10.9 Å². The Kier molecular flexibility index (Phi) is 2.14. The summed E-state index contributed by atoms with van der Waals surface area (Å²) in [5, 5.41) is 1.02. The summed E-state index contributed by atoms with van der Waals surface area (Å²) in [5.74, 6) is 0. The third-order valence-corrected chi connectivity index (χ3v) is 2.11. The Bertz CT molecular complexity index is 528. The molecule has 2 aromatic rings. The van der Waals surface area contributed by atoms with Gasteiger partial charge in [0.25, 0.3) is 5.56 Å². The maximum Gasteiger partial charge on any atom is 0.251 e. The van der Waals surface area contributed by atoms with Gasteiger partial charge in [0.05, 0.1) is 11.7 Å². The van der Waals surface area contributed by atoms with Crippen molar-refractivity contribution in [2.45, 2.75) is 6.54 Å². The monoisotopic (exact) mass is 186 g/mol. The fourth-order valence-electron chi connectivity index (χ4n) is 1.45. The number of fused-ring (bicyclic) bond motifs is 1. The van der Waals surface area contributed by atoms with E-state index in [4.69, 9.17) is 0 Å². The molecule has 0 bridgehead atoms. The second-order valence-electron chi connectivity index (χ2n) is 3.01. The van der Waals surface area contributed by atoms with Gasteiger partial charge in [-0.3, -0.25) is 9.78 Å². The van der Waals surface area contributed by atoms with Crippen LogP contribution in [0, 0.1) is 0 Å². The van der Waals surface area contributed by atoms with Gasteiger partial charge in [-0.25, -0.2) is 0 Å². The first-order valence-corrected chi connectivity index (χ1v) is 4.37. The second-order valence-corrected chi connectivity index (χ2v) is 3.01. The second kappa shape index (κ2) is 3.46. The fraction of sp³-hybridized carbons (Fsp3) is 0.0909. The molecule has 0 aliphatic carbocycles. The van der Waals surface area contributed by atoms with E-state index in [1.807, 2.05) is 6.07 Å². The summed E-state index contributed by atoms with van der Waals surface area (Å²) >= 11 is 0. The average Bonchev–Trinajstić information content (AvgIpc) is 2.23. The van der Waals surface area contributed by atoms with Crippen LogP contribution in [0.4, 0.5) is 0 Å². The zero-order chi connectivity index (χ0) is 9.97. The Balaban J connectivity index is 2.82. The van der Waals surface area contributed by atoms with Crippen LogP contribution in [0.25, 0.3) is 10.9 Å². The van der Waals surface area contributed by atoms with Crippen LogP contribution in [0.2, 0.25) is 0 Å². The number of hydrogen-bond donors (Lipinski definition) is 0. The Morgan fingerprint density at radius 1 is 1.43 bits per heavy atom. The molecule has 0 radical (unpaired) electrons. The lowest BCUT2D eigenvalue weighted by atomic mass is 10.2. The van der Waals surface area contributed by atoms with Gasteiger partial charge in [-0.15, -0.1) is 6.58 Å². The van der Waals surface area contributed by atoms with Gasteiger partial charge >= 0.3 is 0 Å². The Hall–Kier alpha value is -1.90. The molecule has 2 heterocycles. The number of aromatic nitrogens is 2. The first-order chi connectivity index (χ1) is 6.83. The van der Waals surface area contributed by atoms with E-state index in [9.17, 15) is 4.79 Å². The van der Waals surface area contributed by atoms with Crippen molar-refractivity contribution in [2.24, 2.45) is 0 Å². The normalized spacial score (nSPS) is 10.3. The first-order valence-electron chi connectivity index (χ1n) is 4.37. The molecule has 3 nitrogen and oxygen atoms in total. The predicted octanol–water partition coefficient (Wildman–Crippen LogP) is 1.58. The van der Waals surface area contributed by atoms with E-state index in [-0.39, 0.29) is 5.56 Å². The van der Waals surface area contributed by atoms with Crippen molar-refractivity contribution in [1.82, 2.24) is 9.55 Å². The predicted molar refractivity (Wildman–Crippen MR) is 56.2 cm³/mol. The molecule has 0 spiro atoms. The molecule has 14 heavy (non-hydrogen) atoms. The number of nitrogens with zero attached hydrogens (tertiary/aromatic N) is 2. The molecule has 0 aliphatic rings. The molecular formula is C11H10N2O. The summed E-state index contributed by atoms with van der Waals surface area (Å²) in [6.45, 7) is 4.14. The number of allylic oxidation sites excluding steroid dienone is 1. The maximum absolute atomic E-state index is 11.5. The van der Waals surface area contributed by atoms with Gasteiger partial charge in [0.2, 0.25) is 0 Å². The zero-order valence-electron chi connectivity index (χ0n) is 7.68. The van der Waals surface area contributed by atoms with Crippen molar-refractivity contribution in [1.29, 1.82) is 0 Å². The van der Waals surface area contributed by atoms with Gasteiger partial charge in [-0.2, -0.15) is 0 Å². The van der Waals surface area contributed by atoms with Crippen molar-refractivity contribution in [3.8, 4) is 0 Å². The summed E-state index contributed by atoms with van der Waals surface area (Å²) in [7, 11) is 0. The van der Waals surface area contributed by atoms with Crippen LogP contribution >= 0.6 is 0 Å². The van der Waals surface area contributed by atoms with Crippen molar-refractivity contribution in [2.75, 3.05) is 0 Å². The van der Waals surface area contributed by atoms with Gasteiger partial charge in [0, 0.05) is 24.2 Å². The number of hydrogen-bond acceptors (Lipinski definition) is 2.